The lowest BCUT2D eigenvalue weighted by Crippen LogP contribution is -2.20. The summed E-state index contributed by atoms with van der Waals surface area (Å²) in [6.45, 7) is 0. The topological polar surface area (TPSA) is 95.7 Å². The van der Waals surface area contributed by atoms with Crippen molar-refractivity contribution in [2.75, 3.05) is 12.4 Å². The number of hydrogen-bond donors (Lipinski definition) is 3. The van der Waals surface area contributed by atoms with E-state index in [1.54, 1.807) is 12.4 Å². The van der Waals surface area contributed by atoms with Crippen molar-refractivity contribution < 1.29 is 13.9 Å². The number of methoxy groups -OCH3 is 1. The average Bonchev–Trinajstić information content (AvgIpc) is 3.76. The van der Waals surface area contributed by atoms with Crippen molar-refractivity contribution in [1.82, 2.24) is 20.2 Å². The maximum atomic E-state index is 14.3. The lowest BCUT2D eigenvalue weighted by atomic mass is 10.0. The van der Waals surface area contributed by atoms with Gasteiger partial charge in [-0.3, -0.25) is 14.9 Å². The molecule has 8 heteroatoms. The largest absolute Gasteiger partial charge is 0.497 e. The van der Waals surface area contributed by atoms with Gasteiger partial charge in [0.25, 0.3) is 0 Å². The molecule has 7 nitrogen and oxygen atoms in total. The second kappa shape index (κ2) is 10.2. The number of amides is 1. The number of H-pyrrole nitrogens is 2. The number of hydrogen-bond acceptors (Lipinski definition) is 4. The lowest BCUT2D eigenvalue weighted by molar-refractivity contribution is -0.119. The number of nitrogens with one attached hydrogen (secondary N) is 3. The molecular weight excluding hydrogens is 517 g/mol. The first-order chi connectivity index (χ1) is 20.1. The van der Waals surface area contributed by atoms with Crippen molar-refractivity contribution >= 4 is 33.4 Å². The van der Waals surface area contributed by atoms with Gasteiger partial charge >= 0.3 is 0 Å². The molecule has 3 aromatic carbocycles. The molecule has 1 saturated carbocycles. The number of aromatic nitrogens is 4. The van der Waals surface area contributed by atoms with E-state index in [0.717, 1.165) is 81.1 Å². The summed E-state index contributed by atoms with van der Waals surface area (Å²) in [5.74, 6) is 0.275. The van der Waals surface area contributed by atoms with Crippen LogP contribution < -0.4 is 10.1 Å². The normalized spacial score (nSPS) is 13.7. The molecule has 0 bridgehead atoms. The lowest BCUT2D eigenvalue weighted by Gasteiger charge is -2.11. The maximum Gasteiger partial charge on any atom is 0.227 e. The minimum atomic E-state index is -0.352. The molecule has 3 N–H and O–H groups in total. The van der Waals surface area contributed by atoms with Crippen molar-refractivity contribution in [2.24, 2.45) is 5.92 Å². The van der Waals surface area contributed by atoms with Crippen molar-refractivity contribution in [2.45, 2.75) is 25.7 Å². The smallest absolute Gasteiger partial charge is 0.227 e. The summed E-state index contributed by atoms with van der Waals surface area (Å²) in [6, 6.07) is 20.7. The summed E-state index contributed by atoms with van der Waals surface area (Å²) in [5, 5.41) is 12.7. The number of anilines is 1. The van der Waals surface area contributed by atoms with E-state index in [0.29, 0.717) is 11.4 Å². The molecule has 1 amide bonds. The van der Waals surface area contributed by atoms with E-state index in [1.165, 1.54) is 19.2 Å². The van der Waals surface area contributed by atoms with Gasteiger partial charge in [0.1, 0.15) is 17.3 Å². The number of carbonyl (C=O) groups excluding carboxylic acids is 1. The van der Waals surface area contributed by atoms with Gasteiger partial charge in [-0.25, -0.2) is 4.39 Å². The van der Waals surface area contributed by atoms with E-state index < -0.39 is 0 Å². The van der Waals surface area contributed by atoms with Crippen molar-refractivity contribution in [1.29, 1.82) is 0 Å². The Hall–Kier alpha value is -4.98. The van der Waals surface area contributed by atoms with Crippen LogP contribution in [0.15, 0.2) is 79.1 Å². The third-order valence-electron chi connectivity index (χ3n) is 7.97. The van der Waals surface area contributed by atoms with E-state index in [2.05, 4.69) is 31.5 Å². The Bertz CT molecular complexity index is 1920. The van der Waals surface area contributed by atoms with E-state index >= 15 is 0 Å². The fourth-order valence-electron chi connectivity index (χ4n) is 5.87. The summed E-state index contributed by atoms with van der Waals surface area (Å²) in [6.07, 6.45) is 7.61. The highest BCUT2D eigenvalue weighted by atomic mass is 19.1. The van der Waals surface area contributed by atoms with Crippen LogP contribution in [0.5, 0.6) is 5.75 Å². The third kappa shape index (κ3) is 4.71. The highest BCUT2D eigenvalue weighted by molar-refractivity contribution is 6.02. The van der Waals surface area contributed by atoms with Crippen LogP contribution in [-0.2, 0) is 4.79 Å². The number of aromatic amines is 2. The first-order valence-electron chi connectivity index (χ1n) is 13.8. The van der Waals surface area contributed by atoms with Gasteiger partial charge in [-0.1, -0.05) is 31.0 Å². The van der Waals surface area contributed by atoms with Gasteiger partial charge in [0.2, 0.25) is 5.91 Å². The van der Waals surface area contributed by atoms with Crippen LogP contribution in [-0.4, -0.2) is 33.2 Å². The molecule has 0 saturated heterocycles. The van der Waals surface area contributed by atoms with Gasteiger partial charge in [0.05, 0.1) is 30.2 Å². The van der Waals surface area contributed by atoms with Crippen LogP contribution >= 0.6 is 0 Å². The fourth-order valence-corrected chi connectivity index (χ4v) is 5.87. The molecule has 1 fully saturated rings. The first-order valence-corrected chi connectivity index (χ1v) is 13.8. The number of benzene rings is 3. The summed E-state index contributed by atoms with van der Waals surface area (Å²) < 4.78 is 19.6. The van der Waals surface area contributed by atoms with E-state index in [-0.39, 0.29) is 17.6 Å². The Balaban J connectivity index is 1.25. The molecule has 3 heterocycles. The molecule has 1 aliphatic rings. The molecular formula is C33H28FN5O2. The van der Waals surface area contributed by atoms with Gasteiger partial charge in [-0.05, 0) is 72.0 Å². The van der Waals surface area contributed by atoms with Crippen LogP contribution in [0.4, 0.5) is 10.1 Å². The van der Waals surface area contributed by atoms with Gasteiger partial charge in [-0.15, -0.1) is 0 Å². The van der Waals surface area contributed by atoms with Crippen molar-refractivity contribution in [3.63, 3.8) is 0 Å². The van der Waals surface area contributed by atoms with Crippen LogP contribution in [0, 0.1) is 11.7 Å². The van der Waals surface area contributed by atoms with Gasteiger partial charge in [0, 0.05) is 40.0 Å². The molecule has 0 unspecified atom stereocenters. The number of pyridine rings is 1. The maximum absolute atomic E-state index is 14.3. The predicted octanol–water partition coefficient (Wildman–Crippen LogP) is 7.72. The number of carbonyl (C=O) groups is 1. The Kier molecular flexibility index (Phi) is 6.23. The minimum Gasteiger partial charge on any atom is -0.497 e. The quantitative estimate of drug-likeness (QED) is 0.200. The summed E-state index contributed by atoms with van der Waals surface area (Å²) >= 11 is 0. The fraction of sp³-hybridized carbons (Fsp3) is 0.182. The second-order valence-corrected chi connectivity index (χ2v) is 10.6. The molecule has 3 aromatic heterocycles. The Morgan fingerprint density at radius 3 is 2.66 bits per heavy atom. The number of fused-ring (bicyclic) bond motifs is 2. The Morgan fingerprint density at radius 1 is 0.927 bits per heavy atom. The minimum absolute atomic E-state index is 0.0730. The molecule has 6 aromatic rings. The first kappa shape index (κ1) is 25.0. The Labute approximate surface area is 235 Å². The highest BCUT2D eigenvalue weighted by Crippen LogP contribution is 2.36. The number of ether oxygens (including phenoxy) is 1. The van der Waals surface area contributed by atoms with Crippen LogP contribution in [0.2, 0.25) is 0 Å². The van der Waals surface area contributed by atoms with Crippen molar-refractivity contribution in [3.8, 4) is 39.4 Å². The van der Waals surface area contributed by atoms with E-state index in [4.69, 9.17) is 4.74 Å². The molecule has 0 spiro atoms. The Morgan fingerprint density at radius 2 is 1.80 bits per heavy atom. The summed E-state index contributed by atoms with van der Waals surface area (Å²) in [5.41, 5.74) is 7.64. The van der Waals surface area contributed by atoms with Crippen LogP contribution in [0.3, 0.4) is 0 Å². The predicted molar refractivity (Wildman–Crippen MR) is 159 cm³/mol. The zero-order valence-electron chi connectivity index (χ0n) is 22.5. The highest BCUT2D eigenvalue weighted by Gasteiger charge is 2.23. The third-order valence-corrected chi connectivity index (χ3v) is 7.97. The molecule has 204 valence electrons. The van der Waals surface area contributed by atoms with Crippen LogP contribution in [0.1, 0.15) is 25.7 Å². The number of rotatable bonds is 6. The van der Waals surface area contributed by atoms with Gasteiger partial charge < -0.3 is 15.0 Å². The molecule has 0 radical (unpaired) electrons. The van der Waals surface area contributed by atoms with Crippen molar-refractivity contribution in [3.05, 3.63) is 84.9 Å². The number of halogens is 1. The van der Waals surface area contributed by atoms with Gasteiger partial charge in [-0.2, -0.15) is 5.10 Å². The van der Waals surface area contributed by atoms with Gasteiger partial charge in [0.15, 0.2) is 0 Å². The van der Waals surface area contributed by atoms with E-state index in [9.17, 15) is 9.18 Å². The SMILES string of the molecule is COc1cc(F)cc(-c2cccc3[nH]c(-c4n[nH]c5ccc(-c6cncc(NC(=O)C7CCCC7)c6)cc45)cc23)c1. The van der Waals surface area contributed by atoms with E-state index in [1.807, 2.05) is 48.5 Å². The number of nitrogens with zero attached hydrogens (tertiary/aromatic N) is 2. The summed E-state index contributed by atoms with van der Waals surface area (Å²) in [4.78, 5) is 20.5. The molecule has 1 aliphatic carbocycles. The molecule has 0 aliphatic heterocycles. The zero-order valence-corrected chi connectivity index (χ0v) is 22.5. The monoisotopic (exact) mass is 545 g/mol. The van der Waals surface area contributed by atoms with Crippen LogP contribution in [0.25, 0.3) is 55.4 Å². The molecule has 0 atom stereocenters. The molecule has 7 rings (SSSR count). The zero-order chi connectivity index (χ0) is 27.9. The second-order valence-electron chi connectivity index (χ2n) is 10.6. The average molecular weight is 546 g/mol. The summed E-state index contributed by atoms with van der Waals surface area (Å²) in [7, 11) is 1.53. The molecule has 41 heavy (non-hydrogen) atoms. The standard InChI is InChI=1S/C33H28FN5O2/c1-41-25-13-21(11-23(34)15-25)26-7-4-8-29-27(26)16-31(37-29)32-28-14-20(9-10-30(28)38-39-32)22-12-24(18-35-17-22)36-33(40)19-5-2-3-6-19/h4,7-19,37H,2-3,5-6H2,1H3,(H,36,40)(H,38,39).